The molecule has 0 bridgehead atoms. The van der Waals surface area contributed by atoms with Crippen molar-refractivity contribution in [1.29, 1.82) is 0 Å². The number of carbonyl (C=O) groups excluding carboxylic acids is 3. The molecular weight excluding hydrogens is 392 g/mol. The summed E-state index contributed by atoms with van der Waals surface area (Å²) < 4.78 is 0. The van der Waals surface area contributed by atoms with Crippen molar-refractivity contribution in [3.8, 4) is 0 Å². The van der Waals surface area contributed by atoms with Crippen molar-refractivity contribution < 1.29 is 14.4 Å². The van der Waals surface area contributed by atoms with Crippen molar-refractivity contribution >= 4 is 34.8 Å². The first-order valence-electron chi connectivity index (χ1n) is 10.8. The van der Waals surface area contributed by atoms with Crippen molar-refractivity contribution in [1.82, 2.24) is 5.32 Å². The second-order valence-electron chi connectivity index (χ2n) is 7.32. The molecule has 0 aromatic heterocycles. The van der Waals surface area contributed by atoms with Gasteiger partial charge in [-0.2, -0.15) is 0 Å². The minimum atomic E-state index is -0.236. The van der Waals surface area contributed by atoms with Crippen LogP contribution in [0, 0.1) is 0 Å². The maximum absolute atomic E-state index is 12.3. The Labute approximate surface area is 184 Å². The predicted octanol–water partition coefficient (Wildman–Crippen LogP) is 4.40. The third-order valence-electron chi connectivity index (χ3n) is 4.55. The molecule has 0 fully saturated rings. The minimum Gasteiger partial charge on any atom is -0.376 e. The van der Waals surface area contributed by atoms with E-state index in [9.17, 15) is 14.4 Å². The van der Waals surface area contributed by atoms with Gasteiger partial charge in [0, 0.05) is 35.6 Å². The molecule has 0 spiro atoms. The number of amides is 3. The average molecular weight is 425 g/mol. The average Bonchev–Trinajstić information content (AvgIpc) is 2.76. The molecule has 0 saturated carbocycles. The highest BCUT2D eigenvalue weighted by Crippen LogP contribution is 2.16. The first-order valence-corrected chi connectivity index (χ1v) is 10.8. The number of carbonyl (C=O) groups is 3. The highest BCUT2D eigenvalue weighted by molar-refractivity contribution is 5.98. The van der Waals surface area contributed by atoms with Crippen molar-refractivity contribution in [2.24, 2.45) is 0 Å². The van der Waals surface area contributed by atoms with Crippen LogP contribution in [-0.4, -0.2) is 30.8 Å². The zero-order valence-corrected chi connectivity index (χ0v) is 18.3. The van der Waals surface area contributed by atoms with Gasteiger partial charge in [0.25, 0.3) is 5.91 Å². The van der Waals surface area contributed by atoms with E-state index in [0.29, 0.717) is 29.9 Å². The first-order chi connectivity index (χ1) is 15.0. The molecule has 0 aliphatic heterocycles. The molecule has 0 atom stereocenters. The molecular formula is C24H32N4O3. The van der Waals surface area contributed by atoms with Gasteiger partial charge in [0.1, 0.15) is 0 Å². The summed E-state index contributed by atoms with van der Waals surface area (Å²) in [4.78, 5) is 36.3. The fourth-order valence-electron chi connectivity index (χ4n) is 2.93. The van der Waals surface area contributed by atoms with Crippen molar-refractivity contribution in [2.45, 2.75) is 46.0 Å². The molecule has 31 heavy (non-hydrogen) atoms. The van der Waals surface area contributed by atoms with Crippen LogP contribution in [0.15, 0.2) is 48.5 Å². The number of hydrogen-bond acceptors (Lipinski definition) is 4. The molecule has 2 aromatic carbocycles. The maximum Gasteiger partial charge on any atom is 0.251 e. The first kappa shape index (κ1) is 23.9. The Hall–Kier alpha value is -3.35. The molecule has 4 N–H and O–H groups in total. The van der Waals surface area contributed by atoms with Gasteiger partial charge in [0.05, 0.1) is 6.54 Å². The van der Waals surface area contributed by atoms with E-state index >= 15 is 0 Å². The Bertz CT molecular complexity index is 883. The van der Waals surface area contributed by atoms with Gasteiger partial charge >= 0.3 is 0 Å². The van der Waals surface area contributed by atoms with Crippen LogP contribution in [0.2, 0.25) is 0 Å². The van der Waals surface area contributed by atoms with E-state index in [1.165, 1.54) is 0 Å². The normalized spacial score (nSPS) is 10.3. The van der Waals surface area contributed by atoms with Gasteiger partial charge in [-0.1, -0.05) is 38.8 Å². The van der Waals surface area contributed by atoms with Gasteiger partial charge < -0.3 is 21.3 Å². The lowest BCUT2D eigenvalue weighted by Crippen LogP contribution is -2.25. The molecule has 7 nitrogen and oxygen atoms in total. The molecule has 0 unspecified atom stereocenters. The van der Waals surface area contributed by atoms with Gasteiger partial charge in [-0.25, -0.2) is 0 Å². The Morgan fingerprint density at radius 1 is 0.774 bits per heavy atom. The molecule has 2 rings (SSSR count). The molecule has 166 valence electrons. The van der Waals surface area contributed by atoms with Crippen molar-refractivity contribution in [3.05, 3.63) is 54.1 Å². The van der Waals surface area contributed by atoms with E-state index in [1.807, 2.05) is 25.1 Å². The quantitative estimate of drug-likeness (QED) is 0.380. The molecule has 0 saturated heterocycles. The number of hydrogen-bond donors (Lipinski definition) is 4. The number of anilines is 3. The summed E-state index contributed by atoms with van der Waals surface area (Å²) in [6, 6.07) is 14.1. The van der Waals surface area contributed by atoms with Crippen LogP contribution in [0.25, 0.3) is 0 Å². The third kappa shape index (κ3) is 8.90. The Morgan fingerprint density at radius 3 is 2.19 bits per heavy atom. The fraction of sp³-hybridized carbons (Fsp3) is 0.375. The van der Waals surface area contributed by atoms with Crippen molar-refractivity contribution in [3.63, 3.8) is 0 Å². The van der Waals surface area contributed by atoms with E-state index in [1.54, 1.807) is 30.3 Å². The largest absolute Gasteiger partial charge is 0.376 e. The predicted molar refractivity (Wildman–Crippen MR) is 125 cm³/mol. The summed E-state index contributed by atoms with van der Waals surface area (Å²) in [5.74, 6) is -0.407. The lowest BCUT2D eigenvalue weighted by molar-refractivity contribution is -0.116. The highest BCUT2D eigenvalue weighted by atomic mass is 16.2. The number of benzene rings is 2. The molecule has 2 aromatic rings. The standard InChI is InChI=1S/C24H32N4O3/c1-3-5-6-13-22(29)27-21-12-8-10-19(16-21)26-17-23(30)28-20-11-7-9-18(15-20)24(31)25-14-4-2/h7-12,15-16,26H,3-6,13-14,17H2,1-2H3,(H,25,31)(H,27,29)(H,28,30). The van der Waals surface area contributed by atoms with E-state index in [0.717, 1.165) is 31.4 Å². The molecule has 0 heterocycles. The van der Waals surface area contributed by atoms with E-state index < -0.39 is 0 Å². The Balaban J connectivity index is 1.85. The summed E-state index contributed by atoms with van der Waals surface area (Å²) in [7, 11) is 0. The highest BCUT2D eigenvalue weighted by Gasteiger charge is 2.08. The summed E-state index contributed by atoms with van der Waals surface area (Å²) in [5, 5.41) is 11.5. The minimum absolute atomic E-state index is 0.00815. The van der Waals surface area contributed by atoms with Gasteiger partial charge in [0.15, 0.2) is 0 Å². The zero-order valence-electron chi connectivity index (χ0n) is 18.3. The number of nitrogens with one attached hydrogen (secondary N) is 4. The van der Waals surface area contributed by atoms with Crippen LogP contribution in [0.5, 0.6) is 0 Å². The third-order valence-corrected chi connectivity index (χ3v) is 4.55. The summed E-state index contributed by atoms with van der Waals surface area (Å²) in [6.07, 6.45) is 4.35. The topological polar surface area (TPSA) is 99.3 Å². The van der Waals surface area contributed by atoms with E-state index in [4.69, 9.17) is 0 Å². The van der Waals surface area contributed by atoms with Gasteiger partial charge in [-0.05, 0) is 49.2 Å². The molecule has 0 radical (unpaired) electrons. The summed E-state index contributed by atoms with van der Waals surface area (Å²) in [6.45, 7) is 4.75. The number of unbranched alkanes of at least 4 members (excludes halogenated alkanes) is 2. The molecule has 7 heteroatoms. The van der Waals surface area contributed by atoms with Crippen LogP contribution < -0.4 is 21.3 Å². The van der Waals surface area contributed by atoms with Crippen LogP contribution in [-0.2, 0) is 9.59 Å². The Kier molecular flexibility index (Phi) is 10.1. The van der Waals surface area contributed by atoms with E-state index in [-0.39, 0.29) is 24.3 Å². The molecule has 0 aliphatic rings. The van der Waals surface area contributed by atoms with Gasteiger partial charge in [-0.3, -0.25) is 14.4 Å². The maximum atomic E-state index is 12.3. The second kappa shape index (κ2) is 13.1. The van der Waals surface area contributed by atoms with Crippen LogP contribution in [0.1, 0.15) is 56.3 Å². The fourth-order valence-corrected chi connectivity index (χ4v) is 2.93. The summed E-state index contributed by atoms with van der Waals surface area (Å²) in [5.41, 5.74) is 2.48. The Morgan fingerprint density at radius 2 is 1.45 bits per heavy atom. The molecule has 3 amide bonds. The van der Waals surface area contributed by atoms with Crippen LogP contribution in [0.3, 0.4) is 0 Å². The van der Waals surface area contributed by atoms with Crippen LogP contribution >= 0.6 is 0 Å². The lowest BCUT2D eigenvalue weighted by Gasteiger charge is -2.11. The SMILES string of the molecule is CCCCCC(=O)Nc1cccc(NCC(=O)Nc2cccc(C(=O)NCCC)c2)c1. The van der Waals surface area contributed by atoms with Gasteiger partial charge in [0.2, 0.25) is 11.8 Å². The lowest BCUT2D eigenvalue weighted by atomic mass is 10.2. The van der Waals surface area contributed by atoms with Crippen LogP contribution in [0.4, 0.5) is 17.1 Å². The van der Waals surface area contributed by atoms with Gasteiger partial charge in [-0.15, -0.1) is 0 Å². The summed E-state index contributed by atoms with van der Waals surface area (Å²) >= 11 is 0. The zero-order chi connectivity index (χ0) is 22.5. The smallest absolute Gasteiger partial charge is 0.251 e. The second-order valence-corrected chi connectivity index (χ2v) is 7.32. The molecule has 0 aliphatic carbocycles. The monoisotopic (exact) mass is 424 g/mol. The number of rotatable bonds is 12. The van der Waals surface area contributed by atoms with E-state index in [2.05, 4.69) is 28.2 Å². The van der Waals surface area contributed by atoms with Crippen molar-refractivity contribution in [2.75, 3.05) is 29.0 Å².